The largest absolute Gasteiger partial charge is 0.481 e. The molecule has 0 radical (unpaired) electrons. The quantitative estimate of drug-likeness (QED) is 0.837. The minimum atomic E-state index is -0.738. The number of likely N-dealkylation sites (tertiary alicyclic amines) is 1. The molecule has 1 aromatic carbocycles. The average Bonchev–Trinajstić information content (AvgIpc) is 3.22. The zero-order valence-electron chi connectivity index (χ0n) is 15.6. The molecule has 28 heavy (non-hydrogen) atoms. The van der Waals surface area contributed by atoms with Crippen molar-refractivity contribution < 1.29 is 19.1 Å². The number of carboxylic acid groups (broad SMARTS) is 1. The highest BCUT2D eigenvalue weighted by molar-refractivity contribution is 5.81. The fourth-order valence-electron chi connectivity index (χ4n) is 4.28. The summed E-state index contributed by atoms with van der Waals surface area (Å²) < 4.78 is 14.7. The van der Waals surface area contributed by atoms with Gasteiger partial charge in [0.1, 0.15) is 17.7 Å². The molecule has 1 aromatic heterocycles. The number of piperidine rings is 1. The van der Waals surface area contributed by atoms with Gasteiger partial charge in [0.05, 0.1) is 5.92 Å². The first-order valence-electron chi connectivity index (χ1n) is 9.40. The lowest BCUT2D eigenvalue weighted by Crippen LogP contribution is -2.44. The number of aliphatic carboxylic acids is 1. The van der Waals surface area contributed by atoms with E-state index in [0.29, 0.717) is 44.6 Å². The number of carbonyl (C=O) groups is 2. The Morgan fingerprint density at radius 3 is 2.50 bits per heavy atom. The Labute approximate surface area is 161 Å². The summed E-state index contributed by atoms with van der Waals surface area (Å²) in [6.07, 6.45) is 2.46. The van der Waals surface area contributed by atoms with Gasteiger partial charge in [0.2, 0.25) is 5.91 Å². The van der Waals surface area contributed by atoms with E-state index in [2.05, 4.69) is 15.5 Å². The van der Waals surface area contributed by atoms with Crippen molar-refractivity contribution in [3.05, 3.63) is 41.5 Å². The van der Waals surface area contributed by atoms with Gasteiger partial charge in [0, 0.05) is 19.5 Å². The predicted molar refractivity (Wildman–Crippen MR) is 95.7 cm³/mol. The van der Waals surface area contributed by atoms with Crippen LogP contribution in [0.1, 0.15) is 36.7 Å². The van der Waals surface area contributed by atoms with Crippen molar-refractivity contribution in [1.29, 1.82) is 0 Å². The van der Waals surface area contributed by atoms with Gasteiger partial charge in [-0.1, -0.05) is 12.1 Å². The minimum absolute atomic E-state index is 0.0953. The van der Waals surface area contributed by atoms with Crippen LogP contribution in [0.2, 0.25) is 0 Å². The van der Waals surface area contributed by atoms with Crippen LogP contribution >= 0.6 is 0 Å². The molecule has 148 valence electrons. The lowest BCUT2D eigenvalue weighted by Gasteiger charge is -2.35. The maximum atomic E-state index is 13.3. The highest BCUT2D eigenvalue weighted by atomic mass is 19.1. The lowest BCUT2D eigenvalue weighted by molar-refractivity contribution is -0.140. The fourth-order valence-corrected chi connectivity index (χ4v) is 4.28. The Kier molecular flexibility index (Phi) is 4.60. The molecule has 2 fully saturated rings. The van der Waals surface area contributed by atoms with Crippen molar-refractivity contribution >= 4 is 11.9 Å². The van der Waals surface area contributed by atoms with Crippen LogP contribution in [-0.4, -0.2) is 55.2 Å². The van der Waals surface area contributed by atoms with Crippen LogP contribution < -0.4 is 0 Å². The topological polar surface area (TPSA) is 101 Å². The highest BCUT2D eigenvalue weighted by Crippen LogP contribution is 2.59. The van der Waals surface area contributed by atoms with Gasteiger partial charge in [-0.15, -0.1) is 5.10 Å². The predicted octanol–water partition coefficient (Wildman–Crippen LogP) is 1.62. The number of benzene rings is 1. The second kappa shape index (κ2) is 6.96. The van der Waals surface area contributed by atoms with Gasteiger partial charge in [-0.3, -0.25) is 9.59 Å². The number of aryl methyl sites for hydroxylation is 1. The molecular formula is C19H22FN5O3. The number of hydrogen-bond acceptors (Lipinski definition) is 5. The summed E-state index contributed by atoms with van der Waals surface area (Å²) in [6.45, 7) is 2.80. The third kappa shape index (κ3) is 3.36. The van der Waals surface area contributed by atoms with E-state index in [4.69, 9.17) is 0 Å². The molecule has 2 atom stereocenters. The molecule has 2 unspecified atom stereocenters. The number of carbonyl (C=O) groups excluding carboxylic acids is 1. The van der Waals surface area contributed by atoms with E-state index in [1.165, 1.54) is 16.8 Å². The van der Waals surface area contributed by atoms with Gasteiger partial charge in [-0.05, 0) is 59.7 Å². The van der Waals surface area contributed by atoms with Gasteiger partial charge in [0.15, 0.2) is 0 Å². The standard InChI is InChI=1S/C19H22FN5O3/c1-12-21-22-23-25(12)16(10-13-2-4-14(20)5-3-13)17(26)24-8-6-19(7-9-24)11-15(19)18(27)28/h2-5,15-16H,6-11H2,1H3,(H,27,28). The van der Waals surface area contributed by atoms with E-state index >= 15 is 0 Å². The number of hydrogen-bond donors (Lipinski definition) is 1. The van der Waals surface area contributed by atoms with E-state index in [9.17, 15) is 19.1 Å². The van der Waals surface area contributed by atoms with Crippen LogP contribution in [0.15, 0.2) is 24.3 Å². The molecule has 4 rings (SSSR count). The first kappa shape index (κ1) is 18.5. The Morgan fingerprint density at radius 1 is 1.29 bits per heavy atom. The van der Waals surface area contributed by atoms with Crippen molar-refractivity contribution in [3.8, 4) is 0 Å². The smallest absolute Gasteiger partial charge is 0.307 e. The molecule has 0 bridgehead atoms. The normalized spacial score (nSPS) is 21.5. The van der Waals surface area contributed by atoms with E-state index in [-0.39, 0.29) is 23.1 Å². The summed E-state index contributed by atoms with van der Waals surface area (Å²) >= 11 is 0. The molecule has 1 saturated heterocycles. The first-order valence-corrected chi connectivity index (χ1v) is 9.40. The van der Waals surface area contributed by atoms with Crippen molar-refractivity contribution in [2.24, 2.45) is 11.3 Å². The Bertz CT molecular complexity index is 889. The highest BCUT2D eigenvalue weighted by Gasteiger charge is 2.59. The monoisotopic (exact) mass is 387 g/mol. The fraction of sp³-hybridized carbons (Fsp3) is 0.526. The number of halogens is 1. The van der Waals surface area contributed by atoms with Crippen LogP contribution in [0.4, 0.5) is 4.39 Å². The molecule has 1 aliphatic carbocycles. The molecule has 1 amide bonds. The molecule has 2 heterocycles. The van der Waals surface area contributed by atoms with Gasteiger partial charge in [-0.2, -0.15) is 0 Å². The number of amides is 1. The lowest BCUT2D eigenvalue weighted by atomic mass is 9.90. The van der Waals surface area contributed by atoms with Gasteiger partial charge >= 0.3 is 5.97 Å². The molecule has 2 aromatic rings. The SMILES string of the molecule is Cc1nnnn1C(Cc1ccc(F)cc1)C(=O)N1CCC2(CC1)CC2C(=O)O. The van der Waals surface area contributed by atoms with Crippen molar-refractivity contribution in [1.82, 2.24) is 25.1 Å². The van der Waals surface area contributed by atoms with E-state index < -0.39 is 12.0 Å². The van der Waals surface area contributed by atoms with Crippen LogP contribution in [0.25, 0.3) is 0 Å². The summed E-state index contributed by atoms with van der Waals surface area (Å²) in [4.78, 5) is 26.3. The Balaban J connectivity index is 1.50. The zero-order valence-corrected chi connectivity index (χ0v) is 15.6. The molecular weight excluding hydrogens is 365 g/mol. The molecule has 1 saturated carbocycles. The maximum absolute atomic E-state index is 13.3. The minimum Gasteiger partial charge on any atom is -0.481 e. The summed E-state index contributed by atoms with van der Waals surface area (Å²) in [5, 5.41) is 20.8. The van der Waals surface area contributed by atoms with E-state index in [0.717, 1.165) is 5.56 Å². The molecule has 8 nitrogen and oxygen atoms in total. The van der Waals surface area contributed by atoms with Gasteiger partial charge < -0.3 is 10.0 Å². The number of rotatable bonds is 5. The summed E-state index contributed by atoms with van der Waals surface area (Å²) in [7, 11) is 0. The van der Waals surface area contributed by atoms with Crippen molar-refractivity contribution in [3.63, 3.8) is 0 Å². The first-order chi connectivity index (χ1) is 13.4. The second-order valence-electron chi connectivity index (χ2n) is 7.80. The molecule has 2 aliphatic rings. The average molecular weight is 387 g/mol. The van der Waals surface area contributed by atoms with E-state index in [1.54, 1.807) is 24.0 Å². The van der Waals surface area contributed by atoms with Crippen molar-refractivity contribution in [2.45, 2.75) is 38.6 Å². The van der Waals surface area contributed by atoms with Crippen LogP contribution in [0.3, 0.4) is 0 Å². The Morgan fingerprint density at radius 2 is 1.96 bits per heavy atom. The van der Waals surface area contributed by atoms with Crippen molar-refractivity contribution in [2.75, 3.05) is 13.1 Å². The molecule has 1 spiro atoms. The zero-order chi connectivity index (χ0) is 19.9. The second-order valence-corrected chi connectivity index (χ2v) is 7.80. The molecule has 1 N–H and O–H groups in total. The third-order valence-corrected chi connectivity index (χ3v) is 6.14. The van der Waals surface area contributed by atoms with Crippen LogP contribution in [0.5, 0.6) is 0 Å². The Hall–Kier alpha value is -2.84. The third-order valence-electron chi connectivity index (χ3n) is 6.14. The number of aromatic nitrogens is 4. The molecule has 9 heteroatoms. The molecule has 1 aliphatic heterocycles. The number of nitrogens with zero attached hydrogens (tertiary/aromatic N) is 5. The number of carboxylic acids is 1. The summed E-state index contributed by atoms with van der Waals surface area (Å²) in [5.74, 6) is -0.909. The summed E-state index contributed by atoms with van der Waals surface area (Å²) in [6, 6.07) is 5.42. The van der Waals surface area contributed by atoms with Gasteiger partial charge in [0.25, 0.3) is 0 Å². The van der Waals surface area contributed by atoms with E-state index in [1.807, 2.05) is 0 Å². The van der Waals surface area contributed by atoms with Gasteiger partial charge in [-0.25, -0.2) is 9.07 Å². The maximum Gasteiger partial charge on any atom is 0.307 e. The van der Waals surface area contributed by atoms with Crippen LogP contribution in [0, 0.1) is 24.1 Å². The van der Waals surface area contributed by atoms with Crippen LogP contribution in [-0.2, 0) is 16.0 Å². The summed E-state index contributed by atoms with van der Waals surface area (Å²) in [5.41, 5.74) is 0.677. The number of tetrazole rings is 1.